The number of carbonyl (C=O) groups is 5. The molecule has 1 atom stereocenters. The summed E-state index contributed by atoms with van der Waals surface area (Å²) in [5.74, 6) is -17.0. The van der Waals surface area contributed by atoms with Crippen LogP contribution in [-0.4, -0.2) is 153 Å². The Morgan fingerprint density at radius 1 is 0.550 bits per heavy atom. The molecule has 14 nitrogen and oxygen atoms in total. The van der Waals surface area contributed by atoms with Crippen LogP contribution < -0.4 is 4.74 Å². The van der Waals surface area contributed by atoms with Gasteiger partial charge in [-0.2, -0.15) is 8.78 Å². The smallest absolute Gasteiger partial charge is 0.323 e. The number of unbranched alkanes of at least 4 members (excludes halogenated alkanes) is 3. The Hall–Kier alpha value is -3.94. The van der Waals surface area contributed by atoms with Crippen molar-refractivity contribution in [2.45, 2.75) is 105 Å². The summed E-state index contributed by atoms with van der Waals surface area (Å²) >= 11 is 0. The van der Waals surface area contributed by atoms with Crippen molar-refractivity contribution < 1.29 is 69.6 Å². The van der Waals surface area contributed by atoms with Crippen LogP contribution in [0.3, 0.4) is 0 Å². The molecule has 0 unspecified atom stereocenters. The Labute approximate surface area is 349 Å². The number of halogens is 5. The molecule has 0 spiro atoms. The zero-order valence-corrected chi connectivity index (χ0v) is 35.9. The Morgan fingerprint density at radius 3 is 1.35 bits per heavy atom. The van der Waals surface area contributed by atoms with Crippen LogP contribution in [0.15, 0.2) is 0 Å². The maximum atomic E-state index is 14.4. The largest absolute Gasteiger partial charge is 0.465 e. The zero-order valence-electron chi connectivity index (χ0n) is 35.9. The summed E-state index contributed by atoms with van der Waals surface area (Å²) < 4.78 is 96.7. The topological polar surface area (TPSA) is 144 Å². The molecule has 0 amide bonds. The van der Waals surface area contributed by atoms with E-state index in [0.717, 1.165) is 12.8 Å². The molecule has 0 bridgehead atoms. The molecule has 0 radical (unpaired) electrons. The molecule has 1 aliphatic heterocycles. The quantitative estimate of drug-likeness (QED) is 0.0310. The first kappa shape index (κ1) is 52.2. The first-order valence-electron chi connectivity index (χ1n) is 20.7. The maximum absolute atomic E-state index is 14.4. The first-order chi connectivity index (χ1) is 28.4. The molecule has 1 aromatic rings. The predicted molar refractivity (Wildman–Crippen MR) is 209 cm³/mol. The second-order valence-electron chi connectivity index (χ2n) is 15.5. The molecular formula is C41H63F5N4O10. The maximum Gasteiger partial charge on any atom is 0.323 e. The lowest BCUT2D eigenvalue weighted by atomic mass is 10.1. The highest BCUT2D eigenvalue weighted by molar-refractivity contribution is 5.78. The van der Waals surface area contributed by atoms with Gasteiger partial charge in [-0.25, -0.2) is 13.2 Å². The molecule has 19 heteroatoms. The summed E-state index contributed by atoms with van der Waals surface area (Å²) in [5, 5.41) is 0. The fourth-order valence-corrected chi connectivity index (χ4v) is 5.97. The van der Waals surface area contributed by atoms with Gasteiger partial charge in [-0.1, -0.05) is 40.0 Å². The Morgan fingerprint density at radius 2 is 0.933 bits per heavy atom. The fourth-order valence-electron chi connectivity index (χ4n) is 5.97. The monoisotopic (exact) mass is 866 g/mol. The van der Waals surface area contributed by atoms with Crippen LogP contribution in [-0.2, 0) is 42.9 Å². The van der Waals surface area contributed by atoms with Gasteiger partial charge in [0.1, 0.15) is 11.6 Å². The third kappa shape index (κ3) is 19.2. The molecule has 0 aliphatic carbocycles. The zero-order chi connectivity index (χ0) is 44.8. The number of ether oxygens (including phenoxy) is 5. The Kier molecular flexibility index (Phi) is 23.6. The van der Waals surface area contributed by atoms with E-state index in [1.165, 1.54) is 0 Å². The minimum Gasteiger partial charge on any atom is -0.465 e. The molecule has 60 heavy (non-hydrogen) atoms. The van der Waals surface area contributed by atoms with Gasteiger partial charge in [-0.05, 0) is 46.5 Å². The Bertz CT molecular complexity index is 1520. The van der Waals surface area contributed by atoms with Gasteiger partial charge in [-0.3, -0.25) is 43.6 Å². The van der Waals surface area contributed by atoms with Gasteiger partial charge in [0, 0.05) is 58.8 Å². The van der Waals surface area contributed by atoms with E-state index in [0.29, 0.717) is 38.8 Å². The summed E-state index contributed by atoms with van der Waals surface area (Å²) in [5.41, 5.74) is -0.787. The average Bonchev–Trinajstić information content (AvgIpc) is 3.18. The number of hydrogen-bond acceptors (Lipinski definition) is 14. The Balaban J connectivity index is 2.49. The highest BCUT2D eigenvalue weighted by atomic mass is 19.2. The van der Waals surface area contributed by atoms with Crippen molar-refractivity contribution in [3.63, 3.8) is 0 Å². The van der Waals surface area contributed by atoms with Crippen LogP contribution in [0.5, 0.6) is 5.75 Å². The van der Waals surface area contributed by atoms with Crippen LogP contribution in [0.1, 0.15) is 92.9 Å². The van der Waals surface area contributed by atoms with Crippen molar-refractivity contribution >= 4 is 29.8 Å². The van der Waals surface area contributed by atoms with Crippen molar-refractivity contribution in [1.82, 2.24) is 19.6 Å². The molecule has 1 saturated heterocycles. The van der Waals surface area contributed by atoms with Crippen molar-refractivity contribution in [2.75, 3.05) is 91.8 Å². The number of hydrogen-bond donors (Lipinski definition) is 0. The molecule has 0 saturated carbocycles. The van der Waals surface area contributed by atoms with Gasteiger partial charge < -0.3 is 23.7 Å². The molecule has 2 rings (SSSR count). The number of benzene rings is 1. The second-order valence-corrected chi connectivity index (χ2v) is 15.5. The highest BCUT2D eigenvalue weighted by Crippen LogP contribution is 2.29. The lowest BCUT2D eigenvalue weighted by Crippen LogP contribution is -2.52. The number of nitrogens with zero attached hydrogens (tertiary/aromatic N) is 4. The second kappa shape index (κ2) is 27.1. The van der Waals surface area contributed by atoms with E-state index in [4.69, 9.17) is 18.9 Å². The SMILES string of the molecule is CCCCOC(=O)CN1CCN(CC(=O)OCCCC)CCN([C@H](CCC(=O)Oc2c(F)c(F)c(F)c(F)c2F)C(=O)OCCCC)CCN(CC(=O)OC(C)(C)C)CC1. The molecule has 1 aromatic carbocycles. The van der Waals surface area contributed by atoms with Crippen LogP contribution in [0.25, 0.3) is 0 Å². The fraction of sp³-hybridized carbons (Fsp3) is 0.732. The van der Waals surface area contributed by atoms with Crippen LogP contribution in [0.4, 0.5) is 22.0 Å². The lowest BCUT2D eigenvalue weighted by molar-refractivity contribution is -0.157. The number of carbonyl (C=O) groups excluding carboxylic acids is 5. The number of rotatable bonds is 21. The van der Waals surface area contributed by atoms with Gasteiger partial charge >= 0.3 is 29.8 Å². The molecule has 1 aliphatic rings. The molecule has 0 aromatic heterocycles. The van der Waals surface area contributed by atoms with Gasteiger partial charge in [-0.15, -0.1) is 0 Å². The van der Waals surface area contributed by atoms with Crippen molar-refractivity contribution in [2.24, 2.45) is 0 Å². The van der Waals surface area contributed by atoms with Gasteiger partial charge in [0.25, 0.3) is 0 Å². The van der Waals surface area contributed by atoms with E-state index in [9.17, 15) is 45.9 Å². The molecule has 1 fully saturated rings. The minimum atomic E-state index is -2.42. The van der Waals surface area contributed by atoms with Crippen LogP contribution in [0, 0.1) is 29.1 Å². The van der Waals surface area contributed by atoms with Gasteiger partial charge in [0.2, 0.25) is 34.8 Å². The van der Waals surface area contributed by atoms with E-state index in [1.54, 1.807) is 35.5 Å². The van der Waals surface area contributed by atoms with Crippen LogP contribution in [0.2, 0.25) is 0 Å². The minimum absolute atomic E-state index is 0.0336. The van der Waals surface area contributed by atoms with E-state index in [2.05, 4.69) is 4.74 Å². The van der Waals surface area contributed by atoms with E-state index >= 15 is 0 Å². The van der Waals surface area contributed by atoms with Crippen LogP contribution >= 0.6 is 0 Å². The first-order valence-corrected chi connectivity index (χ1v) is 20.7. The summed E-state index contributed by atoms with van der Waals surface area (Å²) in [4.78, 5) is 72.7. The summed E-state index contributed by atoms with van der Waals surface area (Å²) in [6.45, 7) is 12.8. The molecular weight excluding hydrogens is 803 g/mol. The standard InChI is InChI=1S/C41H63F5N4O10/c1-7-10-23-56-31(52)26-47-15-17-48(27-32(53)57-24-11-8-2)19-21-50(22-20-49(18-16-47)28-33(54)60-41(4,5)6)29(40(55)58-25-12-9-3)13-14-30(51)59-39-37(45)35(43)34(42)36(44)38(39)46/h29H,7-28H2,1-6H3/t29-/m1/s1. The normalized spacial score (nSPS) is 16.0. The highest BCUT2D eigenvalue weighted by Gasteiger charge is 2.33. The van der Waals surface area contributed by atoms with Crippen molar-refractivity contribution in [3.05, 3.63) is 29.1 Å². The molecule has 1 heterocycles. The predicted octanol–water partition coefficient (Wildman–Crippen LogP) is 5.03. The average molecular weight is 867 g/mol. The summed E-state index contributed by atoms with van der Waals surface area (Å²) in [6.07, 6.45) is 3.16. The van der Waals surface area contributed by atoms with Crippen molar-refractivity contribution in [3.8, 4) is 5.75 Å². The number of esters is 5. The third-order valence-corrected chi connectivity index (χ3v) is 9.33. The lowest BCUT2D eigenvalue weighted by Gasteiger charge is -2.36. The molecule has 0 N–H and O–H groups in total. The van der Waals surface area contributed by atoms with E-state index in [-0.39, 0.29) is 85.1 Å². The molecule has 342 valence electrons. The third-order valence-electron chi connectivity index (χ3n) is 9.33. The van der Waals surface area contributed by atoms with Crippen molar-refractivity contribution in [1.29, 1.82) is 0 Å². The summed E-state index contributed by atoms with van der Waals surface area (Å²) in [7, 11) is 0. The van der Waals surface area contributed by atoms with E-state index < -0.39 is 82.7 Å². The van der Waals surface area contributed by atoms with E-state index in [1.807, 2.05) is 25.7 Å². The van der Waals surface area contributed by atoms with Gasteiger partial charge in [0.15, 0.2) is 0 Å². The summed E-state index contributed by atoms with van der Waals surface area (Å²) in [6, 6.07) is -1.20. The van der Waals surface area contributed by atoms with Gasteiger partial charge in [0.05, 0.1) is 39.5 Å².